The number of H-pyrrole nitrogens is 2. The zero-order valence-corrected chi connectivity index (χ0v) is 24.3. The first kappa shape index (κ1) is 27.3. The van der Waals surface area contributed by atoms with Crippen LogP contribution in [-0.4, -0.2) is 68.6 Å². The van der Waals surface area contributed by atoms with Gasteiger partial charge in [-0.05, 0) is 79.9 Å². The van der Waals surface area contributed by atoms with Crippen LogP contribution in [0.2, 0.25) is 0 Å². The van der Waals surface area contributed by atoms with E-state index in [0.29, 0.717) is 17.1 Å². The molecule has 1 aromatic carbocycles. The number of benzene rings is 1. The molecule has 0 saturated carbocycles. The Labute approximate surface area is 240 Å². The number of hydrogen-bond acceptors (Lipinski definition) is 7. The maximum atomic E-state index is 13.6. The molecule has 40 heavy (non-hydrogen) atoms. The number of thiophene rings is 1. The van der Waals surface area contributed by atoms with Crippen molar-refractivity contribution in [3.63, 3.8) is 0 Å². The zero-order valence-electron chi connectivity index (χ0n) is 22.7. The molecule has 3 aromatic heterocycles. The molecule has 0 bridgehead atoms. The van der Waals surface area contributed by atoms with Crippen molar-refractivity contribution in [2.24, 2.45) is 5.41 Å². The lowest BCUT2D eigenvalue weighted by Gasteiger charge is -2.47. The van der Waals surface area contributed by atoms with Gasteiger partial charge in [0.1, 0.15) is 11.6 Å². The van der Waals surface area contributed by atoms with Gasteiger partial charge < -0.3 is 9.97 Å². The minimum atomic E-state index is -3.75. The van der Waals surface area contributed by atoms with Crippen LogP contribution in [0, 0.1) is 5.41 Å². The number of sulfonamides is 1. The van der Waals surface area contributed by atoms with E-state index in [-0.39, 0.29) is 18.0 Å². The van der Waals surface area contributed by atoms with Crippen molar-refractivity contribution in [3.8, 4) is 0 Å². The number of aromatic nitrogens is 4. The maximum Gasteiger partial charge on any atom is 0.243 e. The molecule has 2 fully saturated rings. The smallest absolute Gasteiger partial charge is 0.243 e. The van der Waals surface area contributed by atoms with Crippen LogP contribution in [0.15, 0.2) is 71.5 Å². The molecule has 2 aliphatic rings. The van der Waals surface area contributed by atoms with Gasteiger partial charge in [-0.3, -0.25) is 9.80 Å². The molecule has 6 rings (SSSR count). The van der Waals surface area contributed by atoms with Gasteiger partial charge in [0.15, 0.2) is 0 Å². The topological polar surface area (TPSA) is 101 Å². The standard InChI is InChI=1S/C29H37N7O2S2/c37-40(38,36(21-27-30-11-12-31-27)22-28-32-13-14-33-28)26-6-4-24(5-7-26)19-35-15-2-8-29(23-35)9-16-34(17-10-29)20-25-3-1-18-39-25/h1,3-7,11-14,18H,2,8-10,15-17,19-23H2,(H,30,31)(H,32,33). The highest BCUT2D eigenvalue weighted by Crippen LogP contribution is 2.40. The first-order valence-corrected chi connectivity index (χ1v) is 16.3. The molecule has 1 spiro atoms. The molecule has 4 aromatic rings. The van der Waals surface area contributed by atoms with Gasteiger partial charge in [-0.15, -0.1) is 11.3 Å². The SMILES string of the molecule is O=S(=O)(c1ccc(CN2CCCC3(CCN(Cc4cccs4)CC3)C2)cc1)N(Cc1ncc[nH]1)Cc1ncc[nH]1. The average Bonchev–Trinajstić information content (AvgIpc) is 3.76. The monoisotopic (exact) mass is 579 g/mol. The fraction of sp³-hybridized carbons (Fsp3) is 0.448. The minimum Gasteiger partial charge on any atom is -0.347 e. The van der Waals surface area contributed by atoms with Crippen LogP contribution in [-0.2, 0) is 36.2 Å². The number of likely N-dealkylation sites (tertiary alicyclic amines) is 2. The molecule has 0 unspecified atom stereocenters. The van der Waals surface area contributed by atoms with Crippen LogP contribution < -0.4 is 0 Å². The summed E-state index contributed by atoms with van der Waals surface area (Å²) in [5.74, 6) is 1.17. The Kier molecular flexibility index (Phi) is 8.17. The number of piperidine rings is 2. The van der Waals surface area contributed by atoms with E-state index in [4.69, 9.17) is 0 Å². The first-order chi connectivity index (χ1) is 19.5. The Morgan fingerprint density at radius 3 is 2.17 bits per heavy atom. The molecule has 0 radical (unpaired) electrons. The third-order valence-corrected chi connectivity index (χ3v) is 11.0. The van der Waals surface area contributed by atoms with Gasteiger partial charge in [0.05, 0.1) is 18.0 Å². The highest BCUT2D eigenvalue weighted by Gasteiger charge is 2.38. The molecule has 9 nitrogen and oxygen atoms in total. The van der Waals surface area contributed by atoms with Crippen molar-refractivity contribution in [2.75, 3.05) is 26.2 Å². The fourth-order valence-corrected chi connectivity index (χ4v) is 8.27. The second-order valence-corrected chi connectivity index (χ2v) is 14.1. The summed E-state index contributed by atoms with van der Waals surface area (Å²) in [5.41, 5.74) is 1.56. The minimum absolute atomic E-state index is 0.137. The fourth-order valence-electron chi connectivity index (χ4n) is 6.16. The predicted octanol–water partition coefficient (Wildman–Crippen LogP) is 4.46. The van der Waals surface area contributed by atoms with E-state index in [1.807, 2.05) is 23.5 Å². The van der Waals surface area contributed by atoms with Gasteiger partial charge >= 0.3 is 0 Å². The molecule has 2 saturated heterocycles. The van der Waals surface area contributed by atoms with E-state index in [2.05, 4.69) is 47.2 Å². The van der Waals surface area contributed by atoms with E-state index < -0.39 is 10.0 Å². The van der Waals surface area contributed by atoms with Crippen molar-refractivity contribution in [3.05, 3.63) is 88.7 Å². The van der Waals surface area contributed by atoms with Crippen molar-refractivity contribution in [1.82, 2.24) is 34.0 Å². The van der Waals surface area contributed by atoms with Gasteiger partial charge in [-0.25, -0.2) is 18.4 Å². The lowest BCUT2D eigenvalue weighted by Crippen LogP contribution is -2.49. The van der Waals surface area contributed by atoms with E-state index in [1.54, 1.807) is 36.9 Å². The third-order valence-electron chi connectivity index (χ3n) is 8.35. The normalized spacial score (nSPS) is 18.5. The van der Waals surface area contributed by atoms with Crippen molar-refractivity contribution in [1.29, 1.82) is 0 Å². The Morgan fingerprint density at radius 2 is 1.57 bits per heavy atom. The van der Waals surface area contributed by atoms with Crippen LogP contribution in [0.5, 0.6) is 0 Å². The van der Waals surface area contributed by atoms with Gasteiger partial charge in [0, 0.05) is 49.3 Å². The van der Waals surface area contributed by atoms with Crippen molar-refractivity contribution in [2.45, 2.75) is 56.8 Å². The van der Waals surface area contributed by atoms with E-state index >= 15 is 0 Å². The molecule has 0 atom stereocenters. The van der Waals surface area contributed by atoms with E-state index in [1.165, 1.54) is 48.0 Å². The number of nitrogens with zero attached hydrogens (tertiary/aromatic N) is 5. The molecule has 2 N–H and O–H groups in total. The Balaban J connectivity index is 1.08. The number of hydrogen-bond donors (Lipinski definition) is 2. The van der Waals surface area contributed by atoms with E-state index in [0.717, 1.165) is 31.7 Å². The van der Waals surface area contributed by atoms with Gasteiger partial charge in [-0.2, -0.15) is 4.31 Å². The van der Waals surface area contributed by atoms with E-state index in [9.17, 15) is 8.42 Å². The first-order valence-electron chi connectivity index (χ1n) is 14.0. The Hall–Kier alpha value is -2.83. The van der Waals surface area contributed by atoms with Gasteiger partial charge in [0.2, 0.25) is 10.0 Å². The number of imidazole rings is 2. The molecule has 212 valence electrons. The molecule has 0 aliphatic carbocycles. The number of nitrogens with one attached hydrogen (secondary N) is 2. The van der Waals surface area contributed by atoms with Gasteiger partial charge in [0.25, 0.3) is 0 Å². The zero-order chi connectivity index (χ0) is 27.4. The summed E-state index contributed by atoms with van der Waals surface area (Å²) in [7, 11) is -3.75. The van der Waals surface area contributed by atoms with Crippen LogP contribution in [0.1, 0.15) is 47.8 Å². The summed E-state index contributed by atoms with van der Waals surface area (Å²) in [6, 6.07) is 11.8. The van der Waals surface area contributed by atoms with Crippen LogP contribution >= 0.6 is 11.3 Å². The molecule has 2 aliphatic heterocycles. The van der Waals surface area contributed by atoms with Crippen LogP contribution in [0.25, 0.3) is 0 Å². The van der Waals surface area contributed by atoms with Crippen LogP contribution in [0.3, 0.4) is 0 Å². The van der Waals surface area contributed by atoms with Crippen molar-refractivity contribution >= 4 is 21.4 Å². The Morgan fingerprint density at radius 1 is 0.875 bits per heavy atom. The Bertz CT molecular complexity index is 1390. The molecular weight excluding hydrogens is 543 g/mol. The average molecular weight is 580 g/mol. The summed E-state index contributed by atoms with van der Waals surface area (Å²) >= 11 is 1.85. The maximum absolute atomic E-state index is 13.6. The lowest BCUT2D eigenvalue weighted by molar-refractivity contribution is 0.0188. The molecule has 0 amide bonds. The lowest BCUT2D eigenvalue weighted by atomic mass is 9.72. The highest BCUT2D eigenvalue weighted by molar-refractivity contribution is 7.89. The van der Waals surface area contributed by atoms with Gasteiger partial charge in [-0.1, -0.05) is 18.2 Å². The highest BCUT2D eigenvalue weighted by atomic mass is 32.2. The van der Waals surface area contributed by atoms with Crippen LogP contribution in [0.4, 0.5) is 0 Å². The summed E-state index contributed by atoms with van der Waals surface area (Å²) in [5, 5.41) is 2.17. The molecular formula is C29H37N7O2S2. The molecule has 5 heterocycles. The molecule has 11 heteroatoms. The van der Waals surface area contributed by atoms with Crippen molar-refractivity contribution < 1.29 is 8.42 Å². The second-order valence-electron chi connectivity index (χ2n) is 11.2. The predicted molar refractivity (Wildman–Crippen MR) is 156 cm³/mol. The second kappa shape index (κ2) is 12.0. The summed E-state index contributed by atoms with van der Waals surface area (Å²) in [6.45, 7) is 6.77. The summed E-state index contributed by atoms with van der Waals surface area (Å²) in [6.07, 6.45) is 11.7. The quantitative estimate of drug-likeness (QED) is 0.288. The number of rotatable bonds is 10. The largest absolute Gasteiger partial charge is 0.347 e. The summed E-state index contributed by atoms with van der Waals surface area (Å²) < 4.78 is 28.7. The third kappa shape index (κ3) is 6.39. The summed E-state index contributed by atoms with van der Waals surface area (Å²) in [4.78, 5) is 21.4. The number of aromatic amines is 2.